The molecule has 1 amide bonds. The maximum atomic E-state index is 11.5. The van der Waals surface area contributed by atoms with Gasteiger partial charge in [0.15, 0.2) is 0 Å². The van der Waals surface area contributed by atoms with Gasteiger partial charge in [0.25, 0.3) is 0 Å². The van der Waals surface area contributed by atoms with Gasteiger partial charge in [-0.3, -0.25) is 4.79 Å². The Morgan fingerprint density at radius 1 is 0.833 bits per heavy atom. The minimum Gasteiger partial charge on any atom is -0.379 e. The molecule has 0 rings (SSSR count). The largest absolute Gasteiger partial charge is 0.379 e. The zero-order valence-electron chi connectivity index (χ0n) is 16.2. The summed E-state index contributed by atoms with van der Waals surface area (Å²) in [6.45, 7) is 15.5. The monoisotopic (exact) mass is 346 g/mol. The van der Waals surface area contributed by atoms with Crippen molar-refractivity contribution in [2.24, 2.45) is 11.8 Å². The van der Waals surface area contributed by atoms with Crippen molar-refractivity contribution in [3.63, 3.8) is 0 Å². The highest BCUT2D eigenvalue weighted by atomic mass is 16.5. The second-order valence-corrected chi connectivity index (χ2v) is 6.74. The number of amides is 1. The number of carbonyl (C=O) groups is 1. The van der Waals surface area contributed by atoms with Crippen LogP contribution in [0.5, 0.6) is 0 Å². The summed E-state index contributed by atoms with van der Waals surface area (Å²) in [5, 5.41) is 6.23. The van der Waals surface area contributed by atoms with Crippen LogP contribution in [0.4, 0.5) is 0 Å². The van der Waals surface area contributed by atoms with E-state index in [1.54, 1.807) is 0 Å². The topological polar surface area (TPSA) is 68.8 Å². The Bertz CT molecular complexity index is 299. The van der Waals surface area contributed by atoms with Crippen LogP contribution in [0.1, 0.15) is 41.0 Å². The quantitative estimate of drug-likeness (QED) is 0.417. The molecule has 0 fully saturated rings. The van der Waals surface area contributed by atoms with Crippen LogP contribution in [0.15, 0.2) is 0 Å². The zero-order chi connectivity index (χ0) is 18.2. The molecular formula is C18H38N2O4. The Hall–Kier alpha value is -0.690. The lowest BCUT2D eigenvalue weighted by Gasteiger charge is -2.14. The van der Waals surface area contributed by atoms with Crippen molar-refractivity contribution >= 4 is 5.91 Å². The fraction of sp³-hybridized carbons (Fsp3) is 0.944. The molecule has 0 saturated carbocycles. The molecule has 0 aliphatic carbocycles. The van der Waals surface area contributed by atoms with Crippen LogP contribution in [0.25, 0.3) is 0 Å². The molecule has 0 aliphatic heterocycles. The Morgan fingerprint density at radius 2 is 1.38 bits per heavy atom. The summed E-state index contributed by atoms with van der Waals surface area (Å²) in [4.78, 5) is 11.5. The number of carbonyl (C=O) groups excluding carboxylic acids is 1. The molecule has 6 nitrogen and oxygen atoms in total. The van der Waals surface area contributed by atoms with E-state index in [0.29, 0.717) is 58.1 Å². The van der Waals surface area contributed by atoms with Gasteiger partial charge in [-0.1, -0.05) is 34.6 Å². The zero-order valence-corrected chi connectivity index (χ0v) is 16.2. The molecule has 0 aromatic rings. The lowest BCUT2D eigenvalue weighted by atomic mass is 10.1. The number of rotatable bonds is 16. The maximum Gasteiger partial charge on any atom is 0.222 e. The standard InChI is InChI=1S/C18H38N2O4/c1-15(2)18(21)20-14-17(5)6-8-22-10-12-24-13-11-23-9-7-19-16(3)4/h15-17,19H,6-14H2,1-5H3,(H,20,21). The molecule has 6 heteroatoms. The predicted molar refractivity (Wildman–Crippen MR) is 97.2 cm³/mol. The molecule has 2 N–H and O–H groups in total. The van der Waals surface area contributed by atoms with Crippen LogP contribution in [0, 0.1) is 11.8 Å². The molecule has 24 heavy (non-hydrogen) atoms. The molecule has 144 valence electrons. The summed E-state index contributed by atoms with van der Waals surface area (Å²) >= 11 is 0. The van der Waals surface area contributed by atoms with Gasteiger partial charge in [-0.15, -0.1) is 0 Å². The summed E-state index contributed by atoms with van der Waals surface area (Å²) < 4.78 is 16.4. The van der Waals surface area contributed by atoms with Crippen molar-refractivity contribution in [2.75, 3.05) is 52.7 Å². The van der Waals surface area contributed by atoms with Crippen molar-refractivity contribution < 1.29 is 19.0 Å². The van der Waals surface area contributed by atoms with Crippen LogP contribution >= 0.6 is 0 Å². The fourth-order valence-corrected chi connectivity index (χ4v) is 1.83. The highest BCUT2D eigenvalue weighted by Gasteiger charge is 2.08. The van der Waals surface area contributed by atoms with Crippen molar-refractivity contribution in [1.29, 1.82) is 0 Å². The van der Waals surface area contributed by atoms with E-state index in [4.69, 9.17) is 14.2 Å². The highest BCUT2D eigenvalue weighted by molar-refractivity contribution is 5.77. The van der Waals surface area contributed by atoms with Gasteiger partial charge in [0.2, 0.25) is 5.91 Å². The third-order valence-electron chi connectivity index (χ3n) is 3.45. The molecule has 0 aromatic carbocycles. The number of hydrogen-bond acceptors (Lipinski definition) is 5. The second-order valence-electron chi connectivity index (χ2n) is 6.74. The maximum absolute atomic E-state index is 11.5. The van der Waals surface area contributed by atoms with Crippen LogP contribution in [-0.4, -0.2) is 64.7 Å². The van der Waals surface area contributed by atoms with Crippen LogP contribution in [0.3, 0.4) is 0 Å². The summed E-state index contributed by atoms with van der Waals surface area (Å²) in [7, 11) is 0. The molecule has 0 aromatic heterocycles. The van der Waals surface area contributed by atoms with Gasteiger partial charge >= 0.3 is 0 Å². The van der Waals surface area contributed by atoms with Crippen molar-refractivity contribution in [1.82, 2.24) is 10.6 Å². The molecule has 1 atom stereocenters. The van der Waals surface area contributed by atoms with Crippen molar-refractivity contribution in [2.45, 2.75) is 47.1 Å². The van der Waals surface area contributed by atoms with Gasteiger partial charge in [-0.2, -0.15) is 0 Å². The Balaban J connectivity index is 3.23. The van der Waals surface area contributed by atoms with Crippen LogP contribution in [0.2, 0.25) is 0 Å². The van der Waals surface area contributed by atoms with Gasteiger partial charge in [-0.25, -0.2) is 0 Å². The first-order valence-corrected chi connectivity index (χ1v) is 9.17. The minimum absolute atomic E-state index is 0.0426. The van der Waals surface area contributed by atoms with Gasteiger partial charge in [0, 0.05) is 31.7 Å². The summed E-state index contributed by atoms with van der Waals surface area (Å²) in [5.41, 5.74) is 0. The van der Waals surface area contributed by atoms with E-state index in [2.05, 4.69) is 31.4 Å². The number of ether oxygens (including phenoxy) is 3. The van der Waals surface area contributed by atoms with E-state index in [1.807, 2.05) is 13.8 Å². The lowest BCUT2D eigenvalue weighted by molar-refractivity contribution is -0.124. The third kappa shape index (κ3) is 16.2. The average molecular weight is 347 g/mol. The predicted octanol–water partition coefficient (Wildman–Crippen LogP) is 1.83. The first kappa shape index (κ1) is 23.3. The van der Waals surface area contributed by atoms with E-state index >= 15 is 0 Å². The minimum atomic E-state index is 0.0426. The molecule has 1 unspecified atom stereocenters. The lowest BCUT2D eigenvalue weighted by Crippen LogP contribution is -2.31. The molecule has 0 spiro atoms. The molecule has 0 bridgehead atoms. The highest BCUT2D eigenvalue weighted by Crippen LogP contribution is 2.01. The Labute approximate surface area is 148 Å². The summed E-state index contributed by atoms with van der Waals surface area (Å²) in [6, 6.07) is 0.496. The molecule has 0 radical (unpaired) electrons. The van der Waals surface area contributed by atoms with E-state index < -0.39 is 0 Å². The fourth-order valence-electron chi connectivity index (χ4n) is 1.83. The normalized spacial score (nSPS) is 12.8. The van der Waals surface area contributed by atoms with Gasteiger partial charge in [-0.05, 0) is 12.3 Å². The third-order valence-corrected chi connectivity index (χ3v) is 3.45. The molecule has 0 heterocycles. The molecule has 0 saturated heterocycles. The summed E-state index contributed by atoms with van der Waals surface area (Å²) in [6.07, 6.45) is 0.935. The van der Waals surface area contributed by atoms with E-state index in [1.165, 1.54) is 0 Å². The second kappa shape index (κ2) is 15.8. The van der Waals surface area contributed by atoms with E-state index in [-0.39, 0.29) is 11.8 Å². The number of hydrogen-bond donors (Lipinski definition) is 2. The Morgan fingerprint density at radius 3 is 1.92 bits per heavy atom. The van der Waals surface area contributed by atoms with E-state index in [9.17, 15) is 4.79 Å². The van der Waals surface area contributed by atoms with Crippen molar-refractivity contribution in [3.8, 4) is 0 Å². The van der Waals surface area contributed by atoms with Crippen LogP contribution in [-0.2, 0) is 19.0 Å². The number of nitrogens with one attached hydrogen (secondary N) is 2. The first-order chi connectivity index (χ1) is 11.4. The van der Waals surface area contributed by atoms with Crippen LogP contribution < -0.4 is 10.6 Å². The van der Waals surface area contributed by atoms with Gasteiger partial charge in [0.05, 0.1) is 33.0 Å². The molecule has 0 aliphatic rings. The smallest absolute Gasteiger partial charge is 0.222 e. The van der Waals surface area contributed by atoms with Gasteiger partial charge in [0.1, 0.15) is 0 Å². The van der Waals surface area contributed by atoms with Crippen molar-refractivity contribution in [3.05, 3.63) is 0 Å². The SMILES string of the molecule is CC(CCOCCOCCOCCNC(C)C)CNC(=O)C(C)C. The first-order valence-electron chi connectivity index (χ1n) is 9.17. The average Bonchev–Trinajstić information content (AvgIpc) is 2.53. The Kier molecular flexibility index (Phi) is 15.4. The van der Waals surface area contributed by atoms with E-state index in [0.717, 1.165) is 13.0 Å². The summed E-state index contributed by atoms with van der Waals surface area (Å²) in [5.74, 6) is 0.570. The van der Waals surface area contributed by atoms with Gasteiger partial charge < -0.3 is 24.8 Å². The molecular weight excluding hydrogens is 308 g/mol.